The van der Waals surface area contributed by atoms with Gasteiger partial charge in [0.2, 0.25) is 0 Å². The van der Waals surface area contributed by atoms with Crippen LogP contribution in [-0.4, -0.2) is 17.5 Å². The Morgan fingerprint density at radius 3 is 2.20 bits per heavy atom. The summed E-state index contributed by atoms with van der Waals surface area (Å²) in [4.78, 5) is 11.0. The van der Waals surface area contributed by atoms with E-state index in [-0.39, 0.29) is 11.0 Å². The SMILES string of the molecule is CC1(C=O)CCC2(CCCCC2(C)C)O1. The number of aldehydes is 1. The quantitative estimate of drug-likeness (QED) is 0.622. The van der Waals surface area contributed by atoms with Gasteiger partial charge in [0.15, 0.2) is 6.29 Å². The highest BCUT2D eigenvalue weighted by Crippen LogP contribution is 2.54. The Kier molecular flexibility index (Phi) is 2.45. The van der Waals surface area contributed by atoms with E-state index in [4.69, 9.17) is 4.74 Å². The summed E-state index contributed by atoms with van der Waals surface area (Å²) >= 11 is 0. The first-order chi connectivity index (χ1) is 6.93. The minimum Gasteiger partial charge on any atom is -0.361 e. The second kappa shape index (κ2) is 3.31. The predicted molar refractivity (Wildman–Crippen MR) is 59.8 cm³/mol. The largest absolute Gasteiger partial charge is 0.361 e. The van der Waals surface area contributed by atoms with Crippen molar-refractivity contribution in [1.29, 1.82) is 0 Å². The Balaban J connectivity index is 2.24. The summed E-state index contributed by atoms with van der Waals surface area (Å²) in [7, 11) is 0. The van der Waals surface area contributed by atoms with Crippen molar-refractivity contribution < 1.29 is 9.53 Å². The standard InChI is InChI=1S/C13H22O2/c1-11(2)6-4-5-7-13(11)9-8-12(3,10-14)15-13/h10H,4-9H2,1-3H3. The summed E-state index contributed by atoms with van der Waals surface area (Å²) in [6.45, 7) is 6.52. The molecule has 2 fully saturated rings. The molecule has 1 aliphatic heterocycles. The maximum absolute atomic E-state index is 11.0. The van der Waals surface area contributed by atoms with Crippen LogP contribution >= 0.6 is 0 Å². The van der Waals surface area contributed by atoms with E-state index in [0.717, 1.165) is 25.5 Å². The minimum atomic E-state index is -0.519. The molecular weight excluding hydrogens is 188 g/mol. The van der Waals surface area contributed by atoms with Crippen LogP contribution in [0.15, 0.2) is 0 Å². The van der Waals surface area contributed by atoms with Gasteiger partial charge in [0.05, 0.1) is 5.60 Å². The van der Waals surface area contributed by atoms with Gasteiger partial charge in [-0.3, -0.25) is 0 Å². The lowest BCUT2D eigenvalue weighted by Gasteiger charge is -2.48. The first-order valence-corrected chi connectivity index (χ1v) is 6.10. The zero-order valence-corrected chi connectivity index (χ0v) is 10.1. The van der Waals surface area contributed by atoms with Crippen LogP contribution in [-0.2, 0) is 9.53 Å². The van der Waals surface area contributed by atoms with Crippen molar-refractivity contribution in [1.82, 2.24) is 0 Å². The van der Waals surface area contributed by atoms with Crippen molar-refractivity contribution in [2.75, 3.05) is 0 Å². The molecule has 15 heavy (non-hydrogen) atoms. The Hall–Kier alpha value is -0.370. The number of hydrogen-bond acceptors (Lipinski definition) is 2. The van der Waals surface area contributed by atoms with E-state index in [2.05, 4.69) is 13.8 Å². The highest BCUT2D eigenvalue weighted by atomic mass is 16.5. The smallest absolute Gasteiger partial charge is 0.151 e. The maximum Gasteiger partial charge on any atom is 0.151 e. The van der Waals surface area contributed by atoms with E-state index in [1.807, 2.05) is 6.92 Å². The van der Waals surface area contributed by atoms with Crippen molar-refractivity contribution in [2.24, 2.45) is 5.41 Å². The Bertz CT molecular complexity index is 272. The molecule has 0 aromatic rings. The predicted octanol–water partition coefficient (Wildman–Crippen LogP) is 3.09. The molecule has 0 radical (unpaired) electrons. The lowest BCUT2D eigenvalue weighted by atomic mass is 9.64. The number of carbonyl (C=O) groups excluding carboxylic acids is 1. The molecular formula is C13H22O2. The fraction of sp³-hybridized carbons (Fsp3) is 0.923. The van der Waals surface area contributed by atoms with Gasteiger partial charge in [-0.15, -0.1) is 0 Å². The van der Waals surface area contributed by atoms with Crippen LogP contribution in [0, 0.1) is 5.41 Å². The minimum absolute atomic E-state index is 0.0269. The van der Waals surface area contributed by atoms with Crippen molar-refractivity contribution in [3.8, 4) is 0 Å². The van der Waals surface area contributed by atoms with Gasteiger partial charge in [-0.05, 0) is 38.0 Å². The lowest BCUT2D eigenvalue weighted by Crippen LogP contribution is -2.48. The van der Waals surface area contributed by atoms with Crippen LogP contribution in [0.4, 0.5) is 0 Å². The lowest BCUT2D eigenvalue weighted by molar-refractivity contribution is -0.171. The molecule has 86 valence electrons. The number of carbonyl (C=O) groups is 1. The molecule has 1 saturated heterocycles. The summed E-state index contributed by atoms with van der Waals surface area (Å²) in [5.74, 6) is 0. The molecule has 0 bridgehead atoms. The average molecular weight is 210 g/mol. The van der Waals surface area contributed by atoms with Gasteiger partial charge in [-0.25, -0.2) is 0 Å². The highest BCUT2D eigenvalue weighted by molar-refractivity contribution is 5.62. The van der Waals surface area contributed by atoms with Gasteiger partial charge >= 0.3 is 0 Å². The third-order valence-electron chi connectivity index (χ3n) is 4.57. The monoisotopic (exact) mass is 210 g/mol. The van der Waals surface area contributed by atoms with E-state index in [0.29, 0.717) is 0 Å². The van der Waals surface area contributed by atoms with E-state index < -0.39 is 5.60 Å². The molecule has 1 aliphatic carbocycles. The van der Waals surface area contributed by atoms with Crippen molar-refractivity contribution in [2.45, 2.75) is 70.5 Å². The molecule has 2 rings (SSSR count). The molecule has 1 saturated carbocycles. The van der Waals surface area contributed by atoms with Crippen LogP contribution in [0.3, 0.4) is 0 Å². The third kappa shape index (κ3) is 1.63. The molecule has 2 unspecified atom stereocenters. The molecule has 2 heteroatoms. The summed E-state index contributed by atoms with van der Waals surface area (Å²) < 4.78 is 6.17. The number of rotatable bonds is 1. The second-order valence-corrected chi connectivity index (χ2v) is 6.12. The topological polar surface area (TPSA) is 26.3 Å². The Labute approximate surface area is 92.4 Å². The Morgan fingerprint density at radius 2 is 1.67 bits per heavy atom. The van der Waals surface area contributed by atoms with Gasteiger partial charge in [-0.2, -0.15) is 0 Å². The van der Waals surface area contributed by atoms with Crippen LogP contribution in [0.25, 0.3) is 0 Å². The zero-order chi connectivity index (χ0) is 11.2. The maximum atomic E-state index is 11.0. The molecule has 0 N–H and O–H groups in total. The van der Waals surface area contributed by atoms with Crippen molar-refractivity contribution in [3.05, 3.63) is 0 Å². The molecule has 1 spiro atoms. The Morgan fingerprint density at radius 1 is 1.00 bits per heavy atom. The fourth-order valence-corrected chi connectivity index (χ4v) is 3.28. The molecule has 2 atom stereocenters. The summed E-state index contributed by atoms with van der Waals surface area (Å²) in [6.07, 6.45) is 7.83. The summed E-state index contributed by atoms with van der Waals surface area (Å²) in [5, 5.41) is 0. The van der Waals surface area contributed by atoms with Gasteiger partial charge in [0, 0.05) is 0 Å². The molecule has 1 heterocycles. The molecule has 0 aromatic carbocycles. The first-order valence-electron chi connectivity index (χ1n) is 6.10. The average Bonchev–Trinajstić information content (AvgIpc) is 2.52. The van der Waals surface area contributed by atoms with E-state index in [1.54, 1.807) is 0 Å². The number of hydrogen-bond donors (Lipinski definition) is 0. The van der Waals surface area contributed by atoms with Crippen LogP contribution < -0.4 is 0 Å². The van der Waals surface area contributed by atoms with Gasteiger partial charge in [-0.1, -0.05) is 26.7 Å². The van der Waals surface area contributed by atoms with E-state index in [9.17, 15) is 4.79 Å². The third-order valence-corrected chi connectivity index (χ3v) is 4.57. The normalized spacial score (nSPS) is 44.5. The van der Waals surface area contributed by atoms with Crippen LogP contribution in [0.5, 0.6) is 0 Å². The summed E-state index contributed by atoms with van der Waals surface area (Å²) in [5.41, 5.74) is -0.318. The first kappa shape index (κ1) is 11.1. The van der Waals surface area contributed by atoms with Crippen molar-refractivity contribution in [3.63, 3.8) is 0 Å². The number of ether oxygens (including phenoxy) is 1. The molecule has 0 aromatic heterocycles. The van der Waals surface area contributed by atoms with Crippen molar-refractivity contribution >= 4 is 6.29 Å². The van der Waals surface area contributed by atoms with E-state index >= 15 is 0 Å². The van der Waals surface area contributed by atoms with E-state index in [1.165, 1.54) is 19.3 Å². The van der Waals surface area contributed by atoms with Gasteiger partial charge in [0.25, 0.3) is 0 Å². The van der Waals surface area contributed by atoms with Gasteiger partial charge in [0.1, 0.15) is 5.60 Å². The molecule has 0 amide bonds. The highest BCUT2D eigenvalue weighted by Gasteiger charge is 2.55. The fourth-order valence-electron chi connectivity index (χ4n) is 3.28. The zero-order valence-electron chi connectivity index (χ0n) is 10.1. The second-order valence-electron chi connectivity index (χ2n) is 6.12. The summed E-state index contributed by atoms with van der Waals surface area (Å²) in [6, 6.07) is 0. The molecule has 2 aliphatic rings. The van der Waals surface area contributed by atoms with Crippen LogP contribution in [0.2, 0.25) is 0 Å². The molecule has 2 nitrogen and oxygen atoms in total. The van der Waals surface area contributed by atoms with Gasteiger partial charge < -0.3 is 9.53 Å². The van der Waals surface area contributed by atoms with Crippen LogP contribution in [0.1, 0.15) is 59.3 Å².